The van der Waals surface area contributed by atoms with E-state index < -0.39 is 0 Å². The van der Waals surface area contributed by atoms with Crippen LogP contribution in [0.25, 0.3) is 22.4 Å². The Morgan fingerprint density at radius 1 is 1.21 bits per heavy atom. The molecule has 0 amide bonds. The van der Waals surface area contributed by atoms with E-state index in [2.05, 4.69) is 20.3 Å². The zero-order valence-corrected chi connectivity index (χ0v) is 10.7. The van der Waals surface area contributed by atoms with Crippen molar-refractivity contribution in [1.29, 1.82) is 0 Å². The van der Waals surface area contributed by atoms with Gasteiger partial charge in [0.1, 0.15) is 5.52 Å². The van der Waals surface area contributed by atoms with Gasteiger partial charge in [-0.1, -0.05) is 23.7 Å². The second-order valence-corrected chi connectivity index (χ2v) is 4.33. The van der Waals surface area contributed by atoms with Crippen LogP contribution in [0.1, 0.15) is 0 Å². The Morgan fingerprint density at radius 3 is 2.79 bits per heavy atom. The molecule has 94 valence electrons. The average molecular weight is 274 g/mol. The SMILES string of the molecule is Cn1ncc2nnc(-c3ccccc3Cl)nc2c1=O. The van der Waals surface area contributed by atoms with Crippen LogP contribution in [0.3, 0.4) is 0 Å². The smallest absolute Gasteiger partial charge is 0.265 e. The number of rotatable bonds is 1. The van der Waals surface area contributed by atoms with Gasteiger partial charge in [0.2, 0.25) is 0 Å². The Hall–Kier alpha value is -2.34. The largest absolute Gasteiger partial charge is 0.294 e. The van der Waals surface area contributed by atoms with Crippen molar-refractivity contribution in [2.24, 2.45) is 7.05 Å². The number of benzene rings is 1. The summed E-state index contributed by atoms with van der Waals surface area (Å²) in [6.07, 6.45) is 1.45. The highest BCUT2D eigenvalue weighted by Gasteiger charge is 2.10. The Labute approximate surface area is 112 Å². The first-order chi connectivity index (χ1) is 9.16. The lowest BCUT2D eigenvalue weighted by Crippen LogP contribution is -2.20. The van der Waals surface area contributed by atoms with E-state index in [9.17, 15) is 4.79 Å². The summed E-state index contributed by atoms with van der Waals surface area (Å²) < 4.78 is 1.20. The van der Waals surface area contributed by atoms with Gasteiger partial charge in [-0.2, -0.15) is 5.10 Å². The fourth-order valence-electron chi connectivity index (χ4n) is 1.68. The molecule has 0 fully saturated rings. The second kappa shape index (κ2) is 4.40. The topological polar surface area (TPSA) is 73.6 Å². The molecule has 19 heavy (non-hydrogen) atoms. The van der Waals surface area contributed by atoms with E-state index in [1.54, 1.807) is 19.2 Å². The molecule has 0 radical (unpaired) electrons. The van der Waals surface area contributed by atoms with Gasteiger partial charge >= 0.3 is 0 Å². The van der Waals surface area contributed by atoms with Crippen molar-refractivity contribution in [1.82, 2.24) is 25.0 Å². The molecule has 3 aromatic rings. The van der Waals surface area contributed by atoms with Crippen LogP contribution in [0.2, 0.25) is 5.02 Å². The van der Waals surface area contributed by atoms with Crippen LogP contribution in [0.15, 0.2) is 35.3 Å². The van der Waals surface area contributed by atoms with Crippen LogP contribution in [-0.2, 0) is 7.05 Å². The fourth-order valence-corrected chi connectivity index (χ4v) is 1.90. The third-order valence-corrected chi connectivity index (χ3v) is 3.01. The van der Waals surface area contributed by atoms with E-state index in [0.29, 0.717) is 21.9 Å². The Balaban J connectivity index is 2.30. The lowest BCUT2D eigenvalue weighted by Gasteiger charge is -2.03. The summed E-state index contributed by atoms with van der Waals surface area (Å²) in [7, 11) is 1.55. The van der Waals surface area contributed by atoms with Crippen molar-refractivity contribution in [2.75, 3.05) is 0 Å². The molecular weight excluding hydrogens is 266 g/mol. The molecule has 0 spiro atoms. The molecule has 0 saturated heterocycles. The molecule has 7 heteroatoms. The normalized spacial score (nSPS) is 10.8. The number of aryl methyl sites for hydroxylation is 1. The summed E-state index contributed by atoms with van der Waals surface area (Å²) in [6.45, 7) is 0. The van der Waals surface area contributed by atoms with Crippen molar-refractivity contribution in [3.05, 3.63) is 45.8 Å². The van der Waals surface area contributed by atoms with Gasteiger partial charge < -0.3 is 0 Å². The minimum Gasteiger partial charge on any atom is -0.265 e. The van der Waals surface area contributed by atoms with Crippen molar-refractivity contribution < 1.29 is 0 Å². The summed E-state index contributed by atoms with van der Waals surface area (Å²) in [5.41, 5.74) is 0.902. The zero-order valence-electron chi connectivity index (χ0n) is 9.91. The molecule has 0 aliphatic carbocycles. The summed E-state index contributed by atoms with van der Waals surface area (Å²) in [4.78, 5) is 16.2. The summed E-state index contributed by atoms with van der Waals surface area (Å²) in [6, 6.07) is 7.13. The molecule has 0 saturated carbocycles. The third kappa shape index (κ3) is 1.96. The minimum absolute atomic E-state index is 0.224. The van der Waals surface area contributed by atoms with Gasteiger partial charge in [0, 0.05) is 12.6 Å². The predicted molar refractivity (Wildman–Crippen MR) is 70.8 cm³/mol. The van der Waals surface area contributed by atoms with Crippen LogP contribution in [0.4, 0.5) is 0 Å². The lowest BCUT2D eigenvalue weighted by atomic mass is 10.2. The predicted octanol–water partition coefficient (Wildman–Crippen LogP) is 1.44. The second-order valence-electron chi connectivity index (χ2n) is 3.92. The molecule has 6 nitrogen and oxygen atoms in total. The van der Waals surface area contributed by atoms with Crippen LogP contribution in [0.5, 0.6) is 0 Å². The maximum Gasteiger partial charge on any atom is 0.294 e. The van der Waals surface area contributed by atoms with E-state index in [0.717, 1.165) is 0 Å². The quantitative estimate of drug-likeness (QED) is 0.671. The first kappa shape index (κ1) is 11.7. The molecule has 2 heterocycles. The Morgan fingerprint density at radius 2 is 2.00 bits per heavy atom. The molecule has 2 aromatic heterocycles. The summed E-state index contributed by atoms with van der Waals surface area (Å²) in [5, 5.41) is 12.3. The minimum atomic E-state index is -0.319. The molecule has 0 bridgehead atoms. The van der Waals surface area contributed by atoms with Gasteiger partial charge in [-0.05, 0) is 12.1 Å². The summed E-state index contributed by atoms with van der Waals surface area (Å²) in [5.74, 6) is 0.321. The first-order valence-electron chi connectivity index (χ1n) is 5.48. The van der Waals surface area contributed by atoms with Gasteiger partial charge in [-0.25, -0.2) is 9.67 Å². The van der Waals surface area contributed by atoms with E-state index in [1.807, 2.05) is 12.1 Å². The summed E-state index contributed by atoms with van der Waals surface area (Å²) >= 11 is 6.08. The number of aromatic nitrogens is 5. The Kier molecular flexibility index (Phi) is 2.72. The van der Waals surface area contributed by atoms with Gasteiger partial charge in [0.15, 0.2) is 11.3 Å². The van der Waals surface area contributed by atoms with Crippen molar-refractivity contribution in [2.45, 2.75) is 0 Å². The van der Waals surface area contributed by atoms with E-state index >= 15 is 0 Å². The van der Waals surface area contributed by atoms with Gasteiger partial charge in [-0.3, -0.25) is 4.79 Å². The highest BCUT2D eigenvalue weighted by Crippen LogP contribution is 2.24. The Bertz CT molecular complexity index is 830. The number of hydrogen-bond acceptors (Lipinski definition) is 5. The molecule has 0 aliphatic heterocycles. The molecule has 1 aromatic carbocycles. The molecule has 0 N–H and O–H groups in total. The van der Waals surface area contributed by atoms with E-state index in [-0.39, 0.29) is 11.1 Å². The standard InChI is InChI=1S/C12H8ClN5O/c1-18-12(19)10-9(6-14-18)16-17-11(15-10)7-4-2-3-5-8(7)13/h2-6H,1H3. The molecule has 3 rings (SSSR count). The average Bonchev–Trinajstić information content (AvgIpc) is 2.43. The molecule has 0 aliphatic rings. The van der Waals surface area contributed by atoms with Gasteiger partial charge in [0.25, 0.3) is 5.56 Å². The number of fused-ring (bicyclic) bond motifs is 1. The van der Waals surface area contributed by atoms with Crippen molar-refractivity contribution in [3.8, 4) is 11.4 Å². The van der Waals surface area contributed by atoms with E-state index in [1.165, 1.54) is 10.9 Å². The van der Waals surface area contributed by atoms with Gasteiger partial charge in [-0.15, -0.1) is 10.2 Å². The monoisotopic (exact) mass is 273 g/mol. The lowest BCUT2D eigenvalue weighted by molar-refractivity contribution is 0.713. The molecular formula is C12H8ClN5O. The molecule has 0 atom stereocenters. The van der Waals surface area contributed by atoms with Crippen LogP contribution in [0, 0.1) is 0 Å². The van der Waals surface area contributed by atoms with Crippen LogP contribution >= 0.6 is 11.6 Å². The third-order valence-electron chi connectivity index (χ3n) is 2.68. The highest BCUT2D eigenvalue weighted by molar-refractivity contribution is 6.33. The van der Waals surface area contributed by atoms with Crippen molar-refractivity contribution in [3.63, 3.8) is 0 Å². The number of nitrogens with zero attached hydrogens (tertiary/aromatic N) is 5. The number of hydrogen-bond donors (Lipinski definition) is 0. The van der Waals surface area contributed by atoms with Crippen molar-refractivity contribution >= 4 is 22.6 Å². The number of halogens is 1. The van der Waals surface area contributed by atoms with E-state index in [4.69, 9.17) is 11.6 Å². The zero-order chi connectivity index (χ0) is 13.4. The maximum atomic E-state index is 11.9. The van der Waals surface area contributed by atoms with Crippen LogP contribution < -0.4 is 5.56 Å². The highest BCUT2D eigenvalue weighted by atomic mass is 35.5. The molecule has 0 unspecified atom stereocenters. The van der Waals surface area contributed by atoms with Crippen LogP contribution in [-0.4, -0.2) is 25.0 Å². The fraction of sp³-hybridized carbons (Fsp3) is 0.0833. The van der Waals surface area contributed by atoms with Gasteiger partial charge in [0.05, 0.1) is 11.2 Å². The first-order valence-corrected chi connectivity index (χ1v) is 5.86. The maximum absolute atomic E-state index is 11.9.